The predicted octanol–water partition coefficient (Wildman–Crippen LogP) is 2.42. The summed E-state index contributed by atoms with van der Waals surface area (Å²) in [5.74, 6) is -1.20. The van der Waals surface area contributed by atoms with Crippen LogP contribution in [0, 0.1) is 0 Å². The highest BCUT2D eigenvalue weighted by molar-refractivity contribution is 5.97. The quantitative estimate of drug-likeness (QED) is 0.611. The lowest BCUT2D eigenvalue weighted by molar-refractivity contribution is -0.125. The number of hydrogen-bond donors (Lipinski definition) is 2. The second-order valence-corrected chi connectivity index (χ2v) is 5.37. The predicted molar refractivity (Wildman–Crippen MR) is 91.3 cm³/mol. The summed E-state index contributed by atoms with van der Waals surface area (Å²) in [7, 11) is 0. The first-order valence-electron chi connectivity index (χ1n) is 8.37. The van der Waals surface area contributed by atoms with Gasteiger partial charge in [0.2, 0.25) is 0 Å². The molecule has 3 amide bonds. The lowest BCUT2D eigenvalue weighted by Crippen LogP contribution is -2.44. The Balaban J connectivity index is 2.59. The van der Waals surface area contributed by atoms with E-state index in [1.165, 1.54) is 23.5 Å². The zero-order valence-corrected chi connectivity index (χ0v) is 15.4. The third-order valence-electron chi connectivity index (χ3n) is 2.98. The van der Waals surface area contributed by atoms with Crippen LogP contribution < -0.4 is 20.1 Å². The van der Waals surface area contributed by atoms with Crippen molar-refractivity contribution < 1.29 is 41.8 Å². The van der Waals surface area contributed by atoms with Crippen molar-refractivity contribution in [1.82, 2.24) is 10.6 Å². The van der Waals surface area contributed by atoms with Crippen LogP contribution in [-0.2, 0) is 9.53 Å². The first-order chi connectivity index (χ1) is 13.2. The van der Waals surface area contributed by atoms with Crippen molar-refractivity contribution in [2.75, 3.05) is 26.4 Å². The fourth-order valence-electron chi connectivity index (χ4n) is 1.84. The van der Waals surface area contributed by atoms with Crippen molar-refractivity contribution in [3.63, 3.8) is 0 Å². The molecule has 1 aromatic carbocycles. The second kappa shape index (κ2) is 11.0. The maximum absolute atomic E-state index is 12.0. The minimum atomic E-state index is -4.61. The third kappa shape index (κ3) is 8.60. The van der Waals surface area contributed by atoms with Gasteiger partial charge in [0.15, 0.2) is 18.1 Å². The van der Waals surface area contributed by atoms with Gasteiger partial charge in [-0.25, -0.2) is 9.59 Å². The molecule has 0 aliphatic heterocycles. The van der Waals surface area contributed by atoms with Gasteiger partial charge in [0.25, 0.3) is 5.91 Å². The van der Waals surface area contributed by atoms with Crippen LogP contribution in [0.2, 0.25) is 0 Å². The molecule has 0 heterocycles. The van der Waals surface area contributed by atoms with E-state index in [0.717, 1.165) is 6.42 Å². The van der Waals surface area contributed by atoms with E-state index in [9.17, 15) is 27.6 Å². The van der Waals surface area contributed by atoms with Crippen LogP contribution in [-0.4, -0.2) is 50.4 Å². The van der Waals surface area contributed by atoms with Crippen molar-refractivity contribution in [2.24, 2.45) is 0 Å². The average Bonchev–Trinajstić information content (AvgIpc) is 2.63. The van der Waals surface area contributed by atoms with Crippen LogP contribution in [0.4, 0.5) is 18.0 Å². The van der Waals surface area contributed by atoms with Gasteiger partial charge in [0.05, 0.1) is 18.8 Å². The number of carbonyl (C=O) groups excluding carboxylic acids is 3. The van der Waals surface area contributed by atoms with Crippen LogP contribution in [0.3, 0.4) is 0 Å². The number of urea groups is 1. The van der Waals surface area contributed by atoms with Gasteiger partial charge in [-0.05, 0) is 31.5 Å². The standard InChI is InChI=1S/C17H21F3N2O6/c1-3-7-27-12-6-5-11(8-13(12)26-4-2)15(24)28-9-14(23)22-16(25)21-10-17(18,19)20/h5-6,8H,3-4,7,9-10H2,1-2H3,(H2,21,22,23,25). The molecule has 0 aliphatic rings. The fraction of sp³-hybridized carbons (Fsp3) is 0.471. The average molecular weight is 406 g/mol. The highest BCUT2D eigenvalue weighted by atomic mass is 19.4. The molecule has 1 rings (SSSR count). The van der Waals surface area contributed by atoms with Crippen molar-refractivity contribution in [3.05, 3.63) is 23.8 Å². The van der Waals surface area contributed by atoms with E-state index in [4.69, 9.17) is 14.2 Å². The minimum absolute atomic E-state index is 0.0709. The van der Waals surface area contributed by atoms with Gasteiger partial charge < -0.3 is 19.5 Å². The molecule has 8 nitrogen and oxygen atoms in total. The Morgan fingerprint density at radius 2 is 1.79 bits per heavy atom. The molecule has 0 saturated heterocycles. The summed E-state index contributed by atoms with van der Waals surface area (Å²) in [5.41, 5.74) is 0.0709. The molecule has 0 fully saturated rings. The normalized spacial score (nSPS) is 10.8. The highest BCUT2D eigenvalue weighted by Gasteiger charge is 2.28. The Morgan fingerprint density at radius 3 is 2.39 bits per heavy atom. The molecule has 156 valence electrons. The molecule has 0 aliphatic carbocycles. The van der Waals surface area contributed by atoms with Gasteiger partial charge in [0, 0.05) is 0 Å². The molecule has 11 heteroatoms. The zero-order chi connectivity index (χ0) is 21.2. The van der Waals surface area contributed by atoms with Gasteiger partial charge in [-0.1, -0.05) is 6.92 Å². The van der Waals surface area contributed by atoms with E-state index in [2.05, 4.69) is 0 Å². The Labute approximate surface area is 159 Å². The number of ether oxygens (including phenoxy) is 3. The number of esters is 1. The van der Waals surface area contributed by atoms with Gasteiger partial charge in [0.1, 0.15) is 6.54 Å². The van der Waals surface area contributed by atoms with Crippen LogP contribution in [0.15, 0.2) is 18.2 Å². The molecule has 0 bridgehead atoms. The number of nitrogens with one attached hydrogen (secondary N) is 2. The van der Waals surface area contributed by atoms with Crippen LogP contribution >= 0.6 is 0 Å². The van der Waals surface area contributed by atoms with Crippen LogP contribution in [0.5, 0.6) is 11.5 Å². The lowest BCUT2D eigenvalue weighted by atomic mass is 10.2. The Hall–Kier alpha value is -2.98. The molecule has 0 atom stereocenters. The third-order valence-corrected chi connectivity index (χ3v) is 2.98. The molecule has 0 saturated carbocycles. The number of benzene rings is 1. The van der Waals surface area contributed by atoms with E-state index in [-0.39, 0.29) is 5.56 Å². The summed E-state index contributed by atoms with van der Waals surface area (Å²) in [6.45, 7) is 2.02. The number of carbonyl (C=O) groups is 3. The summed E-state index contributed by atoms with van der Waals surface area (Å²) >= 11 is 0. The molecule has 0 radical (unpaired) electrons. The highest BCUT2D eigenvalue weighted by Crippen LogP contribution is 2.29. The first kappa shape index (κ1) is 23.1. The van der Waals surface area contributed by atoms with Crippen LogP contribution in [0.1, 0.15) is 30.6 Å². The lowest BCUT2D eigenvalue weighted by Gasteiger charge is -2.13. The van der Waals surface area contributed by atoms with Gasteiger partial charge in [-0.2, -0.15) is 13.2 Å². The molecule has 28 heavy (non-hydrogen) atoms. The molecule has 0 aromatic heterocycles. The number of imide groups is 1. The van der Waals surface area contributed by atoms with E-state index >= 15 is 0 Å². The molecular weight excluding hydrogens is 385 g/mol. The minimum Gasteiger partial charge on any atom is -0.490 e. The maximum Gasteiger partial charge on any atom is 0.405 e. The Bertz CT molecular complexity index is 694. The fourth-order valence-corrected chi connectivity index (χ4v) is 1.84. The number of rotatable bonds is 9. The SMILES string of the molecule is CCCOc1ccc(C(=O)OCC(=O)NC(=O)NCC(F)(F)F)cc1OCC. The van der Waals surface area contributed by atoms with Gasteiger partial charge in [-0.15, -0.1) is 0 Å². The largest absolute Gasteiger partial charge is 0.490 e. The summed E-state index contributed by atoms with van der Waals surface area (Å²) in [4.78, 5) is 34.6. The topological polar surface area (TPSA) is 103 Å². The zero-order valence-electron chi connectivity index (χ0n) is 15.4. The number of alkyl halides is 3. The van der Waals surface area contributed by atoms with Crippen molar-refractivity contribution in [3.8, 4) is 11.5 Å². The van der Waals surface area contributed by atoms with Crippen molar-refractivity contribution >= 4 is 17.9 Å². The summed E-state index contributed by atoms with van der Waals surface area (Å²) < 4.78 is 51.5. The molecule has 2 N–H and O–H groups in total. The number of amides is 3. The number of halogens is 3. The smallest absolute Gasteiger partial charge is 0.405 e. The van der Waals surface area contributed by atoms with E-state index in [1.807, 2.05) is 6.92 Å². The Morgan fingerprint density at radius 1 is 1.07 bits per heavy atom. The molecule has 0 unspecified atom stereocenters. The summed E-state index contributed by atoms with van der Waals surface area (Å²) in [6, 6.07) is 2.95. The van der Waals surface area contributed by atoms with Gasteiger partial charge >= 0.3 is 18.2 Å². The van der Waals surface area contributed by atoms with Gasteiger partial charge in [-0.3, -0.25) is 10.1 Å². The van der Waals surface area contributed by atoms with Crippen molar-refractivity contribution in [2.45, 2.75) is 26.4 Å². The summed E-state index contributed by atoms with van der Waals surface area (Å²) in [6.07, 6.45) is -3.83. The monoisotopic (exact) mass is 406 g/mol. The second-order valence-electron chi connectivity index (χ2n) is 5.37. The Kier molecular flexibility index (Phi) is 9.06. The maximum atomic E-state index is 12.0. The van der Waals surface area contributed by atoms with E-state index < -0.39 is 37.2 Å². The van der Waals surface area contributed by atoms with Crippen LogP contribution in [0.25, 0.3) is 0 Å². The first-order valence-corrected chi connectivity index (χ1v) is 8.37. The summed E-state index contributed by atoms with van der Waals surface area (Å²) in [5, 5.41) is 3.06. The van der Waals surface area contributed by atoms with E-state index in [0.29, 0.717) is 24.7 Å². The molecular formula is C17H21F3N2O6. The molecule has 1 aromatic rings. The van der Waals surface area contributed by atoms with Crippen molar-refractivity contribution in [1.29, 1.82) is 0 Å². The number of hydrogen-bond acceptors (Lipinski definition) is 6. The van der Waals surface area contributed by atoms with E-state index in [1.54, 1.807) is 12.2 Å². The molecule has 0 spiro atoms.